The fraction of sp³-hybridized carbons (Fsp3) is 0.300. The molecule has 0 unspecified atom stereocenters. The molecule has 0 aromatic heterocycles. The van der Waals surface area contributed by atoms with Crippen LogP contribution in [0.1, 0.15) is 19.4 Å². The van der Waals surface area contributed by atoms with E-state index in [2.05, 4.69) is 0 Å². The Kier molecular flexibility index (Phi) is 2.58. The lowest BCUT2D eigenvalue weighted by Gasteiger charge is -2.17. The Morgan fingerprint density at radius 3 is 2.54 bits per heavy atom. The molecule has 0 fully saturated rings. The summed E-state index contributed by atoms with van der Waals surface area (Å²) >= 11 is 5.80. The van der Waals surface area contributed by atoms with Gasteiger partial charge < -0.3 is 0 Å². The fourth-order valence-electron chi connectivity index (χ4n) is 1.15. The first kappa shape index (κ1) is 10.0. The van der Waals surface area contributed by atoms with Crippen LogP contribution >= 0.6 is 11.6 Å². The molecule has 13 heavy (non-hydrogen) atoms. The van der Waals surface area contributed by atoms with Crippen molar-refractivity contribution in [1.29, 1.82) is 5.26 Å². The predicted molar refractivity (Wildman–Crippen MR) is 50.0 cm³/mol. The molecule has 0 aliphatic carbocycles. The Bertz CT molecular complexity index is 345. The Morgan fingerprint density at radius 2 is 2.08 bits per heavy atom. The molecular weight excluding hydrogens is 189 g/mol. The number of hydrogen-bond donors (Lipinski definition) is 0. The first-order chi connectivity index (χ1) is 5.99. The summed E-state index contributed by atoms with van der Waals surface area (Å²) in [6.45, 7) is 3.27. The SMILES string of the molecule is CC(C)(C#N)c1c(F)cccc1Cl. The van der Waals surface area contributed by atoms with Gasteiger partial charge in [0.15, 0.2) is 0 Å². The number of nitriles is 1. The number of hydrogen-bond acceptors (Lipinski definition) is 1. The highest BCUT2D eigenvalue weighted by molar-refractivity contribution is 6.31. The van der Waals surface area contributed by atoms with E-state index in [4.69, 9.17) is 16.9 Å². The zero-order chi connectivity index (χ0) is 10.1. The lowest BCUT2D eigenvalue weighted by atomic mass is 9.86. The maximum absolute atomic E-state index is 13.3. The van der Waals surface area contributed by atoms with E-state index in [-0.39, 0.29) is 5.56 Å². The number of halogens is 2. The summed E-state index contributed by atoms with van der Waals surface area (Å²) in [6.07, 6.45) is 0. The molecule has 0 saturated carbocycles. The van der Waals surface area contributed by atoms with Gasteiger partial charge in [-0.3, -0.25) is 0 Å². The molecule has 0 amide bonds. The number of rotatable bonds is 1. The molecule has 0 aliphatic rings. The van der Waals surface area contributed by atoms with E-state index in [0.29, 0.717) is 5.02 Å². The fourth-order valence-corrected chi connectivity index (χ4v) is 1.55. The Hall–Kier alpha value is -1.07. The highest BCUT2D eigenvalue weighted by Gasteiger charge is 2.26. The quantitative estimate of drug-likeness (QED) is 0.678. The highest BCUT2D eigenvalue weighted by Crippen LogP contribution is 2.31. The molecule has 1 nitrogen and oxygen atoms in total. The molecule has 0 N–H and O–H groups in total. The van der Waals surface area contributed by atoms with Crippen LogP contribution in [0.3, 0.4) is 0 Å². The molecular formula is C10H9ClFN. The maximum Gasteiger partial charge on any atom is 0.129 e. The molecule has 0 heterocycles. The smallest absolute Gasteiger partial charge is 0.129 e. The lowest BCUT2D eigenvalue weighted by Crippen LogP contribution is -2.16. The summed E-state index contributed by atoms with van der Waals surface area (Å²) in [5.41, 5.74) is -0.623. The van der Waals surface area contributed by atoms with Gasteiger partial charge in [0.2, 0.25) is 0 Å². The van der Waals surface area contributed by atoms with E-state index in [1.165, 1.54) is 12.1 Å². The van der Waals surface area contributed by atoms with Crippen LogP contribution in [-0.4, -0.2) is 0 Å². The van der Waals surface area contributed by atoms with Gasteiger partial charge >= 0.3 is 0 Å². The molecule has 1 rings (SSSR count). The van der Waals surface area contributed by atoms with Crippen LogP contribution in [0.5, 0.6) is 0 Å². The summed E-state index contributed by atoms with van der Waals surface area (Å²) in [7, 11) is 0. The normalized spacial score (nSPS) is 11.0. The van der Waals surface area contributed by atoms with Gasteiger partial charge in [0.25, 0.3) is 0 Å². The first-order valence-electron chi connectivity index (χ1n) is 3.85. The minimum Gasteiger partial charge on any atom is -0.207 e. The standard InChI is InChI=1S/C10H9ClFN/c1-10(2,6-13)9-7(11)4-3-5-8(9)12/h3-5H,1-2H3. The largest absolute Gasteiger partial charge is 0.207 e. The Labute approximate surface area is 81.8 Å². The Balaban J connectivity index is 3.38. The Morgan fingerprint density at radius 1 is 1.46 bits per heavy atom. The molecule has 0 radical (unpaired) electrons. The van der Waals surface area contributed by atoms with E-state index < -0.39 is 11.2 Å². The molecule has 0 bridgehead atoms. The highest BCUT2D eigenvalue weighted by atomic mass is 35.5. The van der Waals surface area contributed by atoms with Crippen LogP contribution in [0.4, 0.5) is 4.39 Å². The predicted octanol–water partition coefficient (Wildman–Crippen LogP) is 3.28. The van der Waals surface area contributed by atoms with E-state index in [1.54, 1.807) is 19.9 Å². The third kappa shape index (κ3) is 1.81. The van der Waals surface area contributed by atoms with Gasteiger partial charge in [0, 0.05) is 10.6 Å². The van der Waals surface area contributed by atoms with E-state index >= 15 is 0 Å². The van der Waals surface area contributed by atoms with Gasteiger partial charge in [-0.15, -0.1) is 0 Å². The summed E-state index contributed by atoms with van der Waals surface area (Å²) in [4.78, 5) is 0. The zero-order valence-electron chi connectivity index (χ0n) is 7.44. The van der Waals surface area contributed by atoms with E-state index in [0.717, 1.165) is 0 Å². The summed E-state index contributed by atoms with van der Waals surface area (Å²) < 4.78 is 13.3. The molecule has 3 heteroatoms. The minimum absolute atomic E-state index is 0.263. The molecule has 68 valence electrons. The lowest BCUT2D eigenvalue weighted by molar-refractivity contribution is 0.565. The van der Waals surface area contributed by atoms with Crippen molar-refractivity contribution in [3.8, 4) is 6.07 Å². The van der Waals surface area contributed by atoms with E-state index in [9.17, 15) is 4.39 Å². The van der Waals surface area contributed by atoms with Gasteiger partial charge in [-0.1, -0.05) is 17.7 Å². The number of benzene rings is 1. The zero-order valence-corrected chi connectivity index (χ0v) is 8.19. The van der Waals surface area contributed by atoms with Crippen molar-refractivity contribution in [2.24, 2.45) is 0 Å². The van der Waals surface area contributed by atoms with Crippen LogP contribution in [0.2, 0.25) is 5.02 Å². The van der Waals surface area contributed by atoms with Crippen molar-refractivity contribution < 1.29 is 4.39 Å². The number of nitrogens with zero attached hydrogens (tertiary/aromatic N) is 1. The third-order valence-corrected chi connectivity index (χ3v) is 2.18. The monoisotopic (exact) mass is 197 g/mol. The average molecular weight is 198 g/mol. The van der Waals surface area contributed by atoms with Crippen LogP contribution in [0, 0.1) is 17.1 Å². The van der Waals surface area contributed by atoms with Gasteiger partial charge in [0.05, 0.1) is 11.5 Å². The third-order valence-electron chi connectivity index (χ3n) is 1.87. The van der Waals surface area contributed by atoms with Crippen molar-refractivity contribution in [3.05, 3.63) is 34.6 Å². The van der Waals surface area contributed by atoms with Crippen LogP contribution in [0.15, 0.2) is 18.2 Å². The van der Waals surface area contributed by atoms with Crippen LogP contribution in [0.25, 0.3) is 0 Å². The van der Waals surface area contributed by atoms with Gasteiger partial charge in [0.1, 0.15) is 5.82 Å². The molecule has 0 spiro atoms. The van der Waals surface area contributed by atoms with Crippen molar-refractivity contribution >= 4 is 11.6 Å². The molecule has 0 saturated heterocycles. The van der Waals surface area contributed by atoms with Crippen LogP contribution < -0.4 is 0 Å². The van der Waals surface area contributed by atoms with E-state index in [1.807, 2.05) is 6.07 Å². The second-order valence-corrected chi connectivity index (χ2v) is 3.74. The maximum atomic E-state index is 13.3. The summed E-state index contributed by atoms with van der Waals surface area (Å²) in [6, 6.07) is 6.43. The molecule has 0 aliphatic heterocycles. The van der Waals surface area contributed by atoms with Crippen molar-refractivity contribution in [1.82, 2.24) is 0 Å². The molecule has 1 aromatic rings. The summed E-state index contributed by atoms with van der Waals surface area (Å²) in [5.74, 6) is -0.431. The minimum atomic E-state index is -0.886. The van der Waals surface area contributed by atoms with Crippen molar-refractivity contribution in [2.45, 2.75) is 19.3 Å². The summed E-state index contributed by atoms with van der Waals surface area (Å²) in [5, 5.41) is 9.12. The second kappa shape index (κ2) is 3.35. The van der Waals surface area contributed by atoms with Gasteiger partial charge in [-0.2, -0.15) is 5.26 Å². The van der Waals surface area contributed by atoms with Crippen molar-refractivity contribution in [3.63, 3.8) is 0 Å². The first-order valence-corrected chi connectivity index (χ1v) is 4.22. The topological polar surface area (TPSA) is 23.8 Å². The van der Waals surface area contributed by atoms with Crippen molar-refractivity contribution in [2.75, 3.05) is 0 Å². The van der Waals surface area contributed by atoms with Crippen LogP contribution in [-0.2, 0) is 5.41 Å². The molecule has 1 aromatic carbocycles. The average Bonchev–Trinajstić information content (AvgIpc) is 2.03. The van der Waals surface area contributed by atoms with Gasteiger partial charge in [-0.05, 0) is 26.0 Å². The molecule has 0 atom stereocenters. The van der Waals surface area contributed by atoms with Gasteiger partial charge in [-0.25, -0.2) is 4.39 Å². The second-order valence-electron chi connectivity index (χ2n) is 3.33.